The topological polar surface area (TPSA) is 29.3 Å². The van der Waals surface area contributed by atoms with Gasteiger partial charge in [0.1, 0.15) is 0 Å². The molecule has 2 N–H and O–H groups in total. The Morgan fingerprint density at radius 2 is 2.26 bits per heavy atom. The summed E-state index contributed by atoms with van der Waals surface area (Å²) in [4.78, 5) is 4.05. The van der Waals surface area contributed by atoms with E-state index >= 15 is 0 Å². The number of hydrogen-bond donors (Lipinski definition) is 1. The van der Waals surface area contributed by atoms with Gasteiger partial charge in [0, 0.05) is 39.7 Å². The fourth-order valence-corrected chi connectivity index (χ4v) is 4.19. The third-order valence-electron chi connectivity index (χ3n) is 3.92. The molecule has 2 heterocycles. The van der Waals surface area contributed by atoms with Gasteiger partial charge >= 0.3 is 0 Å². The second-order valence-corrected chi connectivity index (χ2v) is 6.86. The number of fused-ring (bicyclic) bond motifs is 1. The van der Waals surface area contributed by atoms with Gasteiger partial charge in [0.15, 0.2) is 0 Å². The smallest absolute Gasteiger partial charge is 0.0371 e. The first-order chi connectivity index (χ1) is 9.16. The van der Waals surface area contributed by atoms with Gasteiger partial charge in [0.2, 0.25) is 0 Å². The van der Waals surface area contributed by atoms with E-state index in [0.717, 1.165) is 29.7 Å². The van der Waals surface area contributed by atoms with Crippen LogP contribution in [0.5, 0.6) is 0 Å². The highest BCUT2D eigenvalue weighted by atomic mass is 79.9. The van der Waals surface area contributed by atoms with Crippen molar-refractivity contribution in [2.45, 2.75) is 25.9 Å². The van der Waals surface area contributed by atoms with Crippen LogP contribution in [0.1, 0.15) is 29.0 Å². The number of thiophene rings is 1. The van der Waals surface area contributed by atoms with Crippen LogP contribution in [0.25, 0.3) is 0 Å². The van der Waals surface area contributed by atoms with Gasteiger partial charge in [-0.3, -0.25) is 4.90 Å². The van der Waals surface area contributed by atoms with Crippen molar-refractivity contribution < 1.29 is 0 Å². The van der Waals surface area contributed by atoms with E-state index in [-0.39, 0.29) is 0 Å². The van der Waals surface area contributed by atoms with Gasteiger partial charge < -0.3 is 5.73 Å². The van der Waals surface area contributed by atoms with E-state index in [1.807, 2.05) is 23.5 Å². The van der Waals surface area contributed by atoms with Gasteiger partial charge in [0.25, 0.3) is 0 Å². The quantitative estimate of drug-likeness (QED) is 0.832. The van der Waals surface area contributed by atoms with Crippen LogP contribution in [0.3, 0.4) is 0 Å². The highest BCUT2D eigenvalue weighted by Gasteiger charge is 2.25. The zero-order valence-electron chi connectivity index (χ0n) is 10.9. The fourth-order valence-electron chi connectivity index (χ4n) is 2.72. The zero-order valence-corrected chi connectivity index (χ0v) is 13.3. The Morgan fingerprint density at radius 1 is 1.42 bits per heavy atom. The minimum absolute atomic E-state index is 0.474. The summed E-state index contributed by atoms with van der Waals surface area (Å²) in [5.74, 6) is 0. The van der Waals surface area contributed by atoms with Crippen molar-refractivity contribution in [2.24, 2.45) is 0 Å². The molecule has 1 aliphatic heterocycles. The van der Waals surface area contributed by atoms with Crippen LogP contribution in [0.4, 0.5) is 5.69 Å². The lowest BCUT2D eigenvalue weighted by atomic mass is 10.0. The maximum absolute atomic E-state index is 6.10. The number of nitrogens with two attached hydrogens (primary N) is 1. The number of rotatable bonds is 2. The first-order valence-electron chi connectivity index (χ1n) is 6.50. The standard InChI is InChI=1S/C15H17BrN2S/c1-10-11-6-8-19-15(11)5-7-18(10)9-12-13(16)3-2-4-14(12)17/h2-4,6,8,10H,5,7,9,17H2,1H3. The van der Waals surface area contributed by atoms with Crippen LogP contribution in [-0.4, -0.2) is 11.4 Å². The summed E-state index contributed by atoms with van der Waals surface area (Å²) >= 11 is 5.50. The van der Waals surface area contributed by atoms with Gasteiger partial charge in [-0.2, -0.15) is 0 Å². The molecule has 3 rings (SSSR count). The number of nitrogens with zero attached hydrogens (tertiary/aromatic N) is 1. The van der Waals surface area contributed by atoms with E-state index in [0.29, 0.717) is 6.04 Å². The van der Waals surface area contributed by atoms with Crippen molar-refractivity contribution in [2.75, 3.05) is 12.3 Å². The summed E-state index contributed by atoms with van der Waals surface area (Å²) in [7, 11) is 0. The Balaban J connectivity index is 1.85. The number of hydrogen-bond acceptors (Lipinski definition) is 3. The lowest BCUT2D eigenvalue weighted by molar-refractivity contribution is 0.191. The molecule has 0 bridgehead atoms. The predicted molar refractivity (Wildman–Crippen MR) is 85.4 cm³/mol. The van der Waals surface area contributed by atoms with Crippen LogP contribution in [0.15, 0.2) is 34.1 Å². The molecule has 4 heteroatoms. The van der Waals surface area contributed by atoms with Crippen molar-refractivity contribution in [1.82, 2.24) is 4.90 Å². The Bertz CT molecular complexity index is 573. The monoisotopic (exact) mass is 336 g/mol. The van der Waals surface area contributed by atoms with Crippen molar-refractivity contribution in [1.29, 1.82) is 0 Å². The largest absolute Gasteiger partial charge is 0.398 e. The maximum atomic E-state index is 6.10. The van der Waals surface area contributed by atoms with Crippen molar-refractivity contribution in [3.63, 3.8) is 0 Å². The molecule has 2 aromatic rings. The highest BCUT2D eigenvalue weighted by molar-refractivity contribution is 9.10. The van der Waals surface area contributed by atoms with E-state index in [2.05, 4.69) is 45.3 Å². The van der Waals surface area contributed by atoms with Crippen LogP contribution in [0.2, 0.25) is 0 Å². The molecule has 1 unspecified atom stereocenters. The maximum Gasteiger partial charge on any atom is 0.0371 e. The third kappa shape index (κ3) is 2.45. The molecule has 0 spiro atoms. The van der Waals surface area contributed by atoms with Crippen molar-refractivity contribution in [3.8, 4) is 0 Å². The van der Waals surface area contributed by atoms with E-state index < -0.39 is 0 Å². The van der Waals surface area contributed by atoms with Gasteiger partial charge in [-0.15, -0.1) is 11.3 Å². The molecule has 0 radical (unpaired) electrons. The van der Waals surface area contributed by atoms with Crippen molar-refractivity contribution in [3.05, 3.63) is 50.1 Å². The van der Waals surface area contributed by atoms with Crippen LogP contribution < -0.4 is 5.73 Å². The molecule has 19 heavy (non-hydrogen) atoms. The van der Waals surface area contributed by atoms with Crippen molar-refractivity contribution >= 4 is 33.0 Å². The first kappa shape index (κ1) is 13.2. The molecule has 100 valence electrons. The SMILES string of the molecule is CC1c2ccsc2CCN1Cc1c(N)cccc1Br. The lowest BCUT2D eigenvalue weighted by Gasteiger charge is -2.34. The molecular weight excluding hydrogens is 320 g/mol. The van der Waals surface area contributed by atoms with E-state index in [1.54, 1.807) is 4.88 Å². The Hall–Kier alpha value is -0.840. The van der Waals surface area contributed by atoms with Crippen LogP contribution in [-0.2, 0) is 13.0 Å². The van der Waals surface area contributed by atoms with Gasteiger partial charge in [-0.05, 0) is 42.5 Å². The Morgan fingerprint density at radius 3 is 3.05 bits per heavy atom. The van der Waals surface area contributed by atoms with Crippen LogP contribution in [0, 0.1) is 0 Å². The highest BCUT2D eigenvalue weighted by Crippen LogP contribution is 2.35. The predicted octanol–water partition coefficient (Wildman–Crippen LogP) is 4.21. The Kier molecular flexibility index (Phi) is 3.65. The van der Waals surface area contributed by atoms with E-state index in [4.69, 9.17) is 5.73 Å². The Labute approximate surface area is 126 Å². The summed E-state index contributed by atoms with van der Waals surface area (Å²) in [6.45, 7) is 4.30. The average molecular weight is 337 g/mol. The van der Waals surface area contributed by atoms with Gasteiger partial charge in [-0.1, -0.05) is 22.0 Å². The minimum atomic E-state index is 0.474. The summed E-state index contributed by atoms with van der Waals surface area (Å²) in [6.07, 6.45) is 1.15. The van der Waals surface area contributed by atoms with E-state index in [1.165, 1.54) is 11.1 Å². The summed E-state index contributed by atoms with van der Waals surface area (Å²) in [5, 5.41) is 2.21. The van der Waals surface area contributed by atoms with Crippen LogP contribution >= 0.6 is 27.3 Å². The fraction of sp³-hybridized carbons (Fsp3) is 0.333. The number of anilines is 1. The second-order valence-electron chi connectivity index (χ2n) is 5.00. The molecule has 1 aromatic heterocycles. The molecule has 1 aliphatic rings. The molecule has 0 fully saturated rings. The van der Waals surface area contributed by atoms with Gasteiger partial charge in [0.05, 0.1) is 0 Å². The first-order valence-corrected chi connectivity index (χ1v) is 8.17. The molecule has 0 saturated heterocycles. The lowest BCUT2D eigenvalue weighted by Crippen LogP contribution is -2.33. The minimum Gasteiger partial charge on any atom is -0.398 e. The molecular formula is C15H17BrN2S. The normalized spacial score (nSPS) is 19.4. The van der Waals surface area contributed by atoms with Gasteiger partial charge in [-0.25, -0.2) is 0 Å². The summed E-state index contributed by atoms with van der Waals surface area (Å²) < 4.78 is 1.11. The number of benzene rings is 1. The second kappa shape index (κ2) is 5.27. The molecule has 2 nitrogen and oxygen atoms in total. The average Bonchev–Trinajstić information content (AvgIpc) is 2.85. The summed E-state index contributed by atoms with van der Waals surface area (Å²) in [6, 6.07) is 8.77. The molecule has 0 saturated carbocycles. The molecule has 1 atom stereocenters. The summed E-state index contributed by atoms with van der Waals surface area (Å²) in [5.41, 5.74) is 9.67. The van der Waals surface area contributed by atoms with E-state index in [9.17, 15) is 0 Å². The zero-order chi connectivity index (χ0) is 13.4. The molecule has 1 aromatic carbocycles. The third-order valence-corrected chi connectivity index (χ3v) is 5.66. The molecule has 0 aliphatic carbocycles. The molecule has 0 amide bonds. The number of nitrogen functional groups attached to an aromatic ring is 1. The number of halogens is 1.